The lowest BCUT2D eigenvalue weighted by molar-refractivity contribution is 0.174. The van der Waals surface area contributed by atoms with Crippen LogP contribution < -0.4 is 14.8 Å². The summed E-state index contributed by atoms with van der Waals surface area (Å²) >= 11 is 3.53. The van der Waals surface area contributed by atoms with Crippen LogP contribution in [0.3, 0.4) is 0 Å². The van der Waals surface area contributed by atoms with Gasteiger partial charge in [0.15, 0.2) is 11.5 Å². The van der Waals surface area contributed by atoms with Gasteiger partial charge in [0.25, 0.3) is 0 Å². The van der Waals surface area contributed by atoms with Crippen LogP contribution in [0.25, 0.3) is 0 Å². The number of ether oxygens (including phenoxy) is 2. The monoisotopic (exact) mass is 347 g/mol. The van der Waals surface area contributed by atoms with Gasteiger partial charge >= 0.3 is 0 Å². The first-order chi connectivity index (χ1) is 10.0. The molecule has 0 aliphatic carbocycles. The van der Waals surface area contributed by atoms with Crippen molar-refractivity contribution in [2.75, 3.05) is 12.1 Å². The van der Waals surface area contributed by atoms with E-state index in [0.717, 1.165) is 16.0 Å². The zero-order valence-corrected chi connectivity index (χ0v) is 14.0. The third kappa shape index (κ3) is 2.86. The molecule has 0 saturated heterocycles. The van der Waals surface area contributed by atoms with Crippen LogP contribution in [0.5, 0.6) is 11.5 Å². The molecule has 3 nitrogen and oxygen atoms in total. The summed E-state index contributed by atoms with van der Waals surface area (Å²) in [6, 6.07) is 10.5. The van der Waals surface area contributed by atoms with E-state index in [0.29, 0.717) is 6.79 Å². The molecule has 21 heavy (non-hydrogen) atoms. The van der Waals surface area contributed by atoms with Crippen LogP contribution in [0, 0.1) is 13.8 Å². The van der Waals surface area contributed by atoms with Gasteiger partial charge in [-0.1, -0.05) is 22.0 Å². The predicted octanol–water partition coefficient (Wildman–Crippen LogP) is 4.97. The fraction of sp³-hybridized carbons (Fsp3) is 0.294. The molecule has 1 N–H and O–H groups in total. The van der Waals surface area contributed by atoms with Crippen molar-refractivity contribution in [2.45, 2.75) is 26.8 Å². The highest BCUT2D eigenvalue weighted by Crippen LogP contribution is 2.35. The van der Waals surface area contributed by atoms with E-state index in [4.69, 9.17) is 9.47 Å². The molecule has 0 bridgehead atoms. The van der Waals surface area contributed by atoms with Gasteiger partial charge in [0.1, 0.15) is 0 Å². The molecule has 1 heterocycles. The van der Waals surface area contributed by atoms with Gasteiger partial charge in [0, 0.05) is 16.2 Å². The molecular formula is C17H18BrNO2. The van der Waals surface area contributed by atoms with Crippen LogP contribution >= 0.6 is 15.9 Å². The lowest BCUT2D eigenvalue weighted by Crippen LogP contribution is -2.09. The topological polar surface area (TPSA) is 30.5 Å². The summed E-state index contributed by atoms with van der Waals surface area (Å²) < 4.78 is 11.9. The summed E-state index contributed by atoms with van der Waals surface area (Å²) in [7, 11) is 0. The minimum Gasteiger partial charge on any atom is -0.454 e. The van der Waals surface area contributed by atoms with Crippen molar-refractivity contribution in [2.24, 2.45) is 0 Å². The zero-order valence-electron chi connectivity index (χ0n) is 12.4. The Morgan fingerprint density at radius 2 is 1.71 bits per heavy atom. The third-order valence-corrected chi connectivity index (χ3v) is 4.21. The van der Waals surface area contributed by atoms with E-state index < -0.39 is 0 Å². The Morgan fingerprint density at radius 1 is 1.05 bits per heavy atom. The van der Waals surface area contributed by atoms with Gasteiger partial charge in [-0.25, -0.2) is 0 Å². The third-order valence-electron chi connectivity index (χ3n) is 3.75. The number of aryl methyl sites for hydroxylation is 2. The molecule has 110 valence electrons. The molecule has 0 spiro atoms. The highest BCUT2D eigenvalue weighted by molar-refractivity contribution is 9.10. The van der Waals surface area contributed by atoms with E-state index in [1.807, 2.05) is 12.1 Å². The van der Waals surface area contributed by atoms with Crippen molar-refractivity contribution in [3.8, 4) is 11.5 Å². The quantitative estimate of drug-likeness (QED) is 0.850. The van der Waals surface area contributed by atoms with Gasteiger partial charge in [0.2, 0.25) is 6.79 Å². The van der Waals surface area contributed by atoms with Crippen molar-refractivity contribution in [1.82, 2.24) is 0 Å². The van der Waals surface area contributed by atoms with Crippen LogP contribution in [0.15, 0.2) is 34.8 Å². The summed E-state index contributed by atoms with van der Waals surface area (Å²) in [5, 5.41) is 3.60. The summed E-state index contributed by atoms with van der Waals surface area (Å²) in [4.78, 5) is 0. The van der Waals surface area contributed by atoms with Gasteiger partial charge in [-0.15, -0.1) is 0 Å². The Morgan fingerprint density at radius 3 is 2.43 bits per heavy atom. The maximum atomic E-state index is 5.45. The highest BCUT2D eigenvalue weighted by Gasteiger charge is 2.16. The largest absolute Gasteiger partial charge is 0.454 e. The average molecular weight is 348 g/mol. The number of nitrogens with one attached hydrogen (secondary N) is 1. The first-order valence-corrected chi connectivity index (χ1v) is 7.77. The van der Waals surface area contributed by atoms with Crippen LogP contribution in [-0.2, 0) is 0 Å². The molecule has 0 amide bonds. The lowest BCUT2D eigenvalue weighted by Gasteiger charge is -2.20. The molecule has 1 aliphatic rings. The first kappa shape index (κ1) is 14.3. The van der Waals surface area contributed by atoms with Crippen LogP contribution in [0.4, 0.5) is 5.69 Å². The number of rotatable bonds is 3. The molecule has 4 heteroatoms. The first-order valence-electron chi connectivity index (χ1n) is 6.97. The van der Waals surface area contributed by atoms with Gasteiger partial charge in [-0.3, -0.25) is 0 Å². The molecule has 3 rings (SSSR count). The van der Waals surface area contributed by atoms with E-state index in [1.54, 1.807) is 0 Å². The van der Waals surface area contributed by atoms with E-state index in [-0.39, 0.29) is 6.04 Å². The fourth-order valence-electron chi connectivity index (χ4n) is 2.62. The van der Waals surface area contributed by atoms with Gasteiger partial charge in [0.05, 0.1) is 0 Å². The second-order valence-electron chi connectivity index (χ2n) is 5.39. The SMILES string of the molecule is Cc1cc(Br)cc(C)c1NC(C)c1ccc2c(c1)OCO2. The fourth-order valence-corrected chi connectivity index (χ4v) is 3.31. The number of hydrogen-bond donors (Lipinski definition) is 1. The molecule has 1 aliphatic heterocycles. The minimum atomic E-state index is 0.193. The summed E-state index contributed by atoms with van der Waals surface area (Å²) in [6.45, 7) is 6.70. The Balaban J connectivity index is 1.85. The summed E-state index contributed by atoms with van der Waals surface area (Å²) in [5.74, 6) is 1.65. The maximum Gasteiger partial charge on any atom is 0.231 e. The molecule has 1 unspecified atom stereocenters. The number of fused-ring (bicyclic) bond motifs is 1. The molecule has 2 aromatic rings. The molecule has 1 atom stereocenters. The predicted molar refractivity (Wildman–Crippen MR) is 88.2 cm³/mol. The van der Waals surface area contributed by atoms with Crippen molar-refractivity contribution < 1.29 is 9.47 Å². The molecule has 0 saturated carbocycles. The van der Waals surface area contributed by atoms with E-state index >= 15 is 0 Å². The maximum absolute atomic E-state index is 5.45. The number of hydrogen-bond acceptors (Lipinski definition) is 3. The number of anilines is 1. The van der Waals surface area contributed by atoms with Crippen LogP contribution in [0.2, 0.25) is 0 Å². The highest BCUT2D eigenvalue weighted by atomic mass is 79.9. The minimum absolute atomic E-state index is 0.193. The Bertz CT molecular complexity index is 661. The molecule has 0 aromatic heterocycles. The second kappa shape index (κ2) is 5.60. The second-order valence-corrected chi connectivity index (χ2v) is 6.31. The summed E-state index contributed by atoms with van der Waals surface area (Å²) in [5.41, 5.74) is 4.83. The number of benzene rings is 2. The van der Waals surface area contributed by atoms with Gasteiger partial charge < -0.3 is 14.8 Å². The van der Waals surface area contributed by atoms with Gasteiger partial charge in [-0.2, -0.15) is 0 Å². The van der Waals surface area contributed by atoms with Crippen molar-refractivity contribution in [3.63, 3.8) is 0 Å². The van der Waals surface area contributed by atoms with Crippen molar-refractivity contribution in [3.05, 3.63) is 51.5 Å². The van der Waals surface area contributed by atoms with E-state index in [9.17, 15) is 0 Å². The Hall–Kier alpha value is -1.68. The smallest absolute Gasteiger partial charge is 0.231 e. The van der Waals surface area contributed by atoms with Crippen LogP contribution in [0.1, 0.15) is 29.7 Å². The standard InChI is InChI=1S/C17H18BrNO2/c1-10-6-14(18)7-11(2)17(10)19-12(3)13-4-5-15-16(8-13)21-9-20-15/h4-8,12,19H,9H2,1-3H3. The average Bonchev–Trinajstić information content (AvgIpc) is 2.89. The van der Waals surface area contributed by atoms with Crippen molar-refractivity contribution >= 4 is 21.6 Å². The lowest BCUT2D eigenvalue weighted by atomic mass is 10.0. The number of halogens is 1. The van der Waals surface area contributed by atoms with Crippen LogP contribution in [-0.4, -0.2) is 6.79 Å². The zero-order chi connectivity index (χ0) is 15.0. The van der Waals surface area contributed by atoms with Gasteiger partial charge in [-0.05, 0) is 61.7 Å². The summed E-state index contributed by atoms with van der Waals surface area (Å²) in [6.07, 6.45) is 0. The normalized spacial score (nSPS) is 14.1. The van der Waals surface area contributed by atoms with E-state index in [2.05, 4.69) is 60.2 Å². The Labute approximate surface area is 133 Å². The molecule has 0 radical (unpaired) electrons. The Kier molecular flexibility index (Phi) is 3.81. The molecule has 0 fully saturated rings. The van der Waals surface area contributed by atoms with Crippen molar-refractivity contribution in [1.29, 1.82) is 0 Å². The van der Waals surface area contributed by atoms with E-state index in [1.165, 1.54) is 22.4 Å². The molecular weight excluding hydrogens is 330 g/mol. The molecule has 2 aromatic carbocycles.